The Morgan fingerprint density at radius 2 is 2.26 bits per heavy atom. The van der Waals surface area contributed by atoms with Crippen molar-refractivity contribution in [3.8, 4) is 0 Å². The van der Waals surface area contributed by atoms with Crippen molar-refractivity contribution < 1.29 is 4.74 Å². The van der Waals surface area contributed by atoms with Crippen molar-refractivity contribution in [2.75, 3.05) is 53.4 Å². The maximum Gasteiger partial charge on any atom is 0.109 e. The van der Waals surface area contributed by atoms with E-state index in [1.165, 1.54) is 6.42 Å². The van der Waals surface area contributed by atoms with Crippen molar-refractivity contribution in [3.63, 3.8) is 0 Å². The van der Waals surface area contributed by atoms with Crippen LogP contribution in [0.1, 0.15) is 20.3 Å². The van der Waals surface area contributed by atoms with Crippen molar-refractivity contribution in [2.45, 2.75) is 26.4 Å². The summed E-state index contributed by atoms with van der Waals surface area (Å²) in [5.41, 5.74) is 1.12. The number of morpholine rings is 1. The first-order valence-electron chi connectivity index (χ1n) is 7.43. The molecule has 1 N–H and O–H groups in total. The number of likely N-dealkylation sites (N-methyl/N-ethyl adjacent to an activating group) is 1. The molecule has 0 unspecified atom stereocenters. The third-order valence-electron chi connectivity index (χ3n) is 3.55. The molecular weight excluding hydrogens is 238 g/mol. The highest BCUT2D eigenvalue weighted by Gasteiger charge is 2.24. The smallest absolute Gasteiger partial charge is 0.109 e. The molecule has 1 atom stereocenters. The summed E-state index contributed by atoms with van der Waals surface area (Å²) < 4.78 is 5.88. The highest BCUT2D eigenvalue weighted by Crippen LogP contribution is 2.16. The zero-order valence-corrected chi connectivity index (χ0v) is 13.1. The van der Waals surface area contributed by atoms with Crippen LogP contribution in [0.2, 0.25) is 0 Å². The largest absolute Gasteiger partial charge is 0.376 e. The van der Waals surface area contributed by atoms with Crippen molar-refractivity contribution in [2.24, 2.45) is 5.92 Å². The molecule has 0 aliphatic carbocycles. The number of nitrogens with one attached hydrogen (secondary N) is 1. The molecule has 0 aromatic rings. The van der Waals surface area contributed by atoms with Crippen LogP contribution in [-0.4, -0.2) is 69.3 Å². The van der Waals surface area contributed by atoms with E-state index in [-0.39, 0.29) is 6.10 Å². The molecular formula is C15H31N3O. The van der Waals surface area contributed by atoms with Crippen LogP contribution in [0, 0.1) is 5.92 Å². The molecule has 0 amide bonds. The van der Waals surface area contributed by atoms with Gasteiger partial charge in [0, 0.05) is 32.4 Å². The number of rotatable bonds is 8. The van der Waals surface area contributed by atoms with Gasteiger partial charge in [0.15, 0.2) is 0 Å². The Kier molecular flexibility index (Phi) is 7.42. The van der Waals surface area contributed by atoms with Crippen LogP contribution in [0.25, 0.3) is 0 Å². The van der Waals surface area contributed by atoms with Crippen molar-refractivity contribution in [1.82, 2.24) is 15.1 Å². The molecule has 1 fully saturated rings. The van der Waals surface area contributed by atoms with Gasteiger partial charge in [-0.25, -0.2) is 0 Å². The van der Waals surface area contributed by atoms with E-state index in [0.29, 0.717) is 5.92 Å². The molecule has 19 heavy (non-hydrogen) atoms. The fourth-order valence-corrected chi connectivity index (χ4v) is 2.50. The summed E-state index contributed by atoms with van der Waals surface area (Å²) in [5, 5.41) is 3.20. The molecule has 4 nitrogen and oxygen atoms in total. The summed E-state index contributed by atoms with van der Waals surface area (Å²) in [6.45, 7) is 14.8. The molecule has 0 saturated carbocycles. The minimum absolute atomic E-state index is 0.159. The number of ether oxygens (including phenoxy) is 1. The predicted molar refractivity (Wildman–Crippen MR) is 81.3 cm³/mol. The number of hydrogen-bond acceptors (Lipinski definition) is 4. The van der Waals surface area contributed by atoms with Gasteiger partial charge in [-0.05, 0) is 32.5 Å². The van der Waals surface area contributed by atoms with Gasteiger partial charge >= 0.3 is 0 Å². The normalized spacial score (nSPS) is 20.8. The molecule has 112 valence electrons. The van der Waals surface area contributed by atoms with Crippen LogP contribution < -0.4 is 5.32 Å². The van der Waals surface area contributed by atoms with Crippen LogP contribution in [0.4, 0.5) is 0 Å². The first-order valence-corrected chi connectivity index (χ1v) is 7.43. The van der Waals surface area contributed by atoms with Crippen molar-refractivity contribution in [1.29, 1.82) is 0 Å². The van der Waals surface area contributed by atoms with Gasteiger partial charge in [-0.2, -0.15) is 0 Å². The summed E-state index contributed by atoms with van der Waals surface area (Å²) in [4.78, 5) is 4.73. The second kappa shape index (κ2) is 8.56. The second-order valence-corrected chi connectivity index (χ2v) is 5.88. The average molecular weight is 269 g/mol. The van der Waals surface area contributed by atoms with E-state index in [4.69, 9.17) is 4.74 Å². The molecule has 1 aliphatic heterocycles. The molecule has 1 aliphatic rings. The highest BCUT2D eigenvalue weighted by atomic mass is 16.5. The molecule has 1 heterocycles. The maximum atomic E-state index is 5.88. The highest BCUT2D eigenvalue weighted by molar-refractivity contribution is 5.03. The Morgan fingerprint density at radius 3 is 2.89 bits per heavy atom. The molecule has 0 bridgehead atoms. The van der Waals surface area contributed by atoms with Gasteiger partial charge in [-0.15, -0.1) is 0 Å². The zero-order chi connectivity index (χ0) is 14.3. The van der Waals surface area contributed by atoms with Gasteiger partial charge in [0.25, 0.3) is 0 Å². The zero-order valence-electron chi connectivity index (χ0n) is 13.1. The molecule has 0 aromatic carbocycles. The van der Waals surface area contributed by atoms with Crippen LogP contribution >= 0.6 is 0 Å². The van der Waals surface area contributed by atoms with Crippen LogP contribution in [0.5, 0.6) is 0 Å². The Morgan fingerprint density at radius 1 is 1.53 bits per heavy atom. The summed E-state index contributed by atoms with van der Waals surface area (Å²) in [7, 11) is 4.12. The van der Waals surface area contributed by atoms with Crippen molar-refractivity contribution in [3.05, 3.63) is 12.3 Å². The lowest BCUT2D eigenvalue weighted by Crippen LogP contribution is -2.46. The summed E-state index contributed by atoms with van der Waals surface area (Å²) >= 11 is 0. The minimum Gasteiger partial charge on any atom is -0.376 e. The SMILES string of the molecule is C=C([C@@H]1CN(CCCNC)CCO1)N(C)CC(C)C. The predicted octanol–water partition coefficient (Wildman–Crippen LogP) is 1.40. The molecule has 0 aromatic heterocycles. The lowest BCUT2D eigenvalue weighted by molar-refractivity contribution is -0.0206. The fraction of sp³-hybridized carbons (Fsp3) is 0.867. The lowest BCUT2D eigenvalue weighted by atomic mass is 10.1. The fourth-order valence-electron chi connectivity index (χ4n) is 2.50. The Balaban J connectivity index is 2.38. The van der Waals surface area contributed by atoms with Crippen molar-refractivity contribution >= 4 is 0 Å². The quantitative estimate of drug-likeness (QED) is 0.674. The molecule has 0 radical (unpaired) electrons. The van der Waals surface area contributed by atoms with E-state index in [2.05, 4.69) is 42.6 Å². The Labute approximate surface area is 118 Å². The van der Waals surface area contributed by atoms with E-state index in [9.17, 15) is 0 Å². The molecule has 4 heteroatoms. The summed E-state index contributed by atoms with van der Waals surface area (Å²) in [6.07, 6.45) is 1.35. The number of nitrogens with zero attached hydrogens (tertiary/aromatic N) is 2. The van der Waals surface area contributed by atoms with Crippen LogP contribution in [0.3, 0.4) is 0 Å². The standard InChI is InChI=1S/C15H31N3O/c1-13(2)11-17(5)14(3)15-12-18(9-10-19-15)8-6-7-16-4/h13,15-16H,3,6-12H2,1-2,4-5H3/t15-/m0/s1. The lowest BCUT2D eigenvalue weighted by Gasteiger charge is -2.37. The van der Waals surface area contributed by atoms with Gasteiger partial charge < -0.3 is 15.0 Å². The third kappa shape index (κ3) is 5.93. The van der Waals surface area contributed by atoms with E-state index in [1.807, 2.05) is 7.05 Å². The minimum atomic E-state index is 0.159. The summed E-state index contributed by atoms with van der Waals surface area (Å²) in [6, 6.07) is 0. The number of hydrogen-bond donors (Lipinski definition) is 1. The van der Waals surface area contributed by atoms with Gasteiger partial charge in [0.05, 0.1) is 6.61 Å². The van der Waals surface area contributed by atoms with E-state index >= 15 is 0 Å². The average Bonchev–Trinajstić information content (AvgIpc) is 2.38. The first-order chi connectivity index (χ1) is 9.04. The maximum absolute atomic E-state index is 5.88. The van der Waals surface area contributed by atoms with E-state index in [1.54, 1.807) is 0 Å². The summed E-state index contributed by atoms with van der Waals surface area (Å²) in [5.74, 6) is 0.650. The van der Waals surface area contributed by atoms with Crippen LogP contribution in [-0.2, 0) is 4.74 Å². The van der Waals surface area contributed by atoms with Gasteiger partial charge in [0.1, 0.15) is 6.10 Å². The van der Waals surface area contributed by atoms with E-state index < -0.39 is 0 Å². The third-order valence-corrected chi connectivity index (χ3v) is 3.55. The van der Waals surface area contributed by atoms with Gasteiger partial charge in [0.2, 0.25) is 0 Å². The van der Waals surface area contributed by atoms with Gasteiger partial charge in [-0.1, -0.05) is 20.4 Å². The molecule has 0 spiro atoms. The van der Waals surface area contributed by atoms with Gasteiger partial charge in [-0.3, -0.25) is 4.90 Å². The molecule has 1 saturated heterocycles. The Hall–Kier alpha value is -0.580. The molecule has 1 rings (SSSR count). The van der Waals surface area contributed by atoms with Crippen LogP contribution in [0.15, 0.2) is 12.3 Å². The van der Waals surface area contributed by atoms with E-state index in [0.717, 1.165) is 45.0 Å². The monoisotopic (exact) mass is 269 g/mol. The first kappa shape index (κ1) is 16.5. The topological polar surface area (TPSA) is 27.7 Å². The Bertz CT molecular complexity index is 268. The second-order valence-electron chi connectivity index (χ2n) is 5.88.